The Morgan fingerprint density at radius 3 is 2.19 bits per heavy atom. The van der Waals surface area contributed by atoms with Crippen LogP contribution in [-0.4, -0.2) is 53.4 Å². The number of fused-ring (bicyclic) bond motifs is 1. The van der Waals surface area contributed by atoms with Crippen molar-refractivity contribution in [1.82, 2.24) is 8.75 Å². The average molecular weight is 599 g/mol. The smallest absolute Gasteiger partial charge is 0.545 e. The third-order valence-electron chi connectivity index (χ3n) is 6.03. The summed E-state index contributed by atoms with van der Waals surface area (Å²) in [6.45, 7) is 3.37. The van der Waals surface area contributed by atoms with E-state index in [4.69, 9.17) is 14.2 Å². The van der Waals surface area contributed by atoms with Gasteiger partial charge in [0.2, 0.25) is 0 Å². The molecule has 10 nitrogen and oxygen atoms in total. The van der Waals surface area contributed by atoms with Gasteiger partial charge in [0.05, 0.1) is 38.0 Å². The number of nitrogens with zero attached hydrogens (tertiary/aromatic N) is 2. The van der Waals surface area contributed by atoms with Crippen LogP contribution in [0.15, 0.2) is 66.2 Å². The van der Waals surface area contributed by atoms with E-state index in [0.717, 1.165) is 11.7 Å². The molecule has 0 saturated heterocycles. The van der Waals surface area contributed by atoms with E-state index in [-0.39, 0.29) is 70.1 Å². The van der Waals surface area contributed by atoms with Crippen molar-refractivity contribution in [3.8, 4) is 17.2 Å². The quantitative estimate of drug-likeness (QED) is 0.0991. The van der Waals surface area contributed by atoms with E-state index in [2.05, 4.69) is 13.5 Å². The largest absolute Gasteiger partial charge is 1.00 e. The minimum absolute atomic E-state index is 0. The number of hydrogen-bond acceptors (Lipinski definition) is 11. The van der Waals surface area contributed by atoms with E-state index < -0.39 is 24.3 Å². The summed E-state index contributed by atoms with van der Waals surface area (Å²) < 4.78 is 29.7. The van der Waals surface area contributed by atoms with Gasteiger partial charge in [-0.25, -0.2) is 4.79 Å². The Kier molecular flexibility index (Phi) is 11.6. The van der Waals surface area contributed by atoms with Crippen LogP contribution in [-0.2, 0) is 20.7 Å². The monoisotopic (exact) mass is 598 g/mol. The number of ketones is 1. The Labute approximate surface area is 268 Å². The second-order valence-corrected chi connectivity index (χ2v) is 9.67. The van der Waals surface area contributed by atoms with Gasteiger partial charge in [0, 0.05) is 29.2 Å². The Morgan fingerprint density at radius 1 is 0.881 bits per heavy atom. The molecule has 0 fully saturated rings. The number of Topliss-reactive ketones (excluding diaryl/α,β-unsaturated/α-hetero) is 1. The second kappa shape index (κ2) is 14.9. The number of carboxylic acids is 1. The van der Waals surface area contributed by atoms with Gasteiger partial charge in [0.1, 0.15) is 28.3 Å². The predicted molar refractivity (Wildman–Crippen MR) is 150 cm³/mol. The zero-order valence-electron chi connectivity index (χ0n) is 23.8. The number of benzene rings is 3. The molecule has 42 heavy (non-hydrogen) atoms. The minimum atomic E-state index is -1.54. The molecule has 0 unspecified atom stereocenters. The first-order chi connectivity index (χ1) is 19.7. The molecule has 0 radical (unpaired) electrons. The van der Waals surface area contributed by atoms with Crippen LogP contribution < -0.4 is 48.9 Å². The molecule has 4 rings (SSSR count). The maximum Gasteiger partial charge on any atom is 1.00 e. The first kappa shape index (κ1) is 32.7. The molecule has 0 atom stereocenters. The van der Waals surface area contributed by atoms with Crippen LogP contribution >= 0.6 is 11.7 Å². The molecule has 0 aliphatic carbocycles. The molecule has 0 bridgehead atoms. The first-order valence-electron chi connectivity index (χ1n) is 12.5. The second-order valence-electron chi connectivity index (χ2n) is 9.14. The fourth-order valence-corrected chi connectivity index (χ4v) is 4.61. The van der Waals surface area contributed by atoms with Crippen molar-refractivity contribution in [3.05, 3.63) is 82.9 Å². The number of carbonyl (C=O) groups excluding carboxylic acids is 3. The molecule has 0 N–H and O–H groups in total. The van der Waals surface area contributed by atoms with Gasteiger partial charge in [-0.15, -0.1) is 0 Å². The van der Waals surface area contributed by atoms with Crippen LogP contribution in [0, 0.1) is 0 Å². The Morgan fingerprint density at radius 2 is 1.55 bits per heavy atom. The summed E-state index contributed by atoms with van der Waals surface area (Å²) in [6, 6.07) is 16.0. The number of aliphatic carboxylic acids is 1. The van der Waals surface area contributed by atoms with Crippen molar-refractivity contribution in [2.24, 2.45) is 0 Å². The van der Waals surface area contributed by atoms with Crippen LogP contribution in [0.5, 0.6) is 17.2 Å². The van der Waals surface area contributed by atoms with Gasteiger partial charge < -0.3 is 28.8 Å². The van der Waals surface area contributed by atoms with Gasteiger partial charge in [0.25, 0.3) is 0 Å². The molecule has 1 heterocycles. The number of hydrogen-bond donors (Lipinski definition) is 0. The van der Waals surface area contributed by atoms with E-state index in [1.807, 2.05) is 13.8 Å². The Bertz CT molecular complexity index is 1620. The molecule has 0 aliphatic rings. The number of esters is 1. The normalized spacial score (nSPS) is 11.4. The summed E-state index contributed by atoms with van der Waals surface area (Å²) in [5, 5.41) is 12.7. The Hall–Kier alpha value is -3.77. The topological polar surface area (TPSA) is 137 Å². The van der Waals surface area contributed by atoms with Gasteiger partial charge in [-0.1, -0.05) is 12.1 Å². The van der Waals surface area contributed by atoms with Crippen molar-refractivity contribution < 1.29 is 68.0 Å². The van der Waals surface area contributed by atoms with Crippen molar-refractivity contribution in [1.29, 1.82) is 0 Å². The minimum Gasteiger partial charge on any atom is -0.545 e. The van der Waals surface area contributed by atoms with Crippen molar-refractivity contribution in [3.63, 3.8) is 0 Å². The molecule has 0 aliphatic heterocycles. The summed E-state index contributed by atoms with van der Waals surface area (Å²) in [5.74, 6) is -1.47. The molecular weight excluding hydrogens is 571 g/mol. The van der Waals surface area contributed by atoms with E-state index >= 15 is 0 Å². The van der Waals surface area contributed by atoms with Gasteiger partial charge in [-0.2, -0.15) is 8.75 Å². The molecule has 1 aromatic heterocycles. The Balaban J connectivity index is 0.00000484. The summed E-state index contributed by atoms with van der Waals surface area (Å²) in [7, 11) is 2.70. The zero-order valence-corrected chi connectivity index (χ0v) is 26.7. The van der Waals surface area contributed by atoms with Crippen LogP contribution in [0.3, 0.4) is 0 Å². The number of carbonyl (C=O) groups is 3. The standard InChI is InChI=1S/C30H28N2O8S.Na/c1-17(2)40-21-9-5-18(6-10-21)29(34)23(28(30(35)36)20-8-12-24-25(14-20)32-41-31-24)13-19-7-11-22(37-3)15-26(19)39-16-27(33)38-4;/h5-12,14-15,17H,13,16H2,1-4H3,(H,35,36);/q;+1/p-1. The van der Waals surface area contributed by atoms with Gasteiger partial charge in [-0.05, 0) is 67.4 Å². The summed E-state index contributed by atoms with van der Waals surface area (Å²) in [5.41, 5.74) is 1.64. The molecular formula is C30H27N2NaO8S. The van der Waals surface area contributed by atoms with Gasteiger partial charge in [0.15, 0.2) is 12.4 Å². The van der Waals surface area contributed by atoms with Gasteiger partial charge >= 0.3 is 35.5 Å². The molecule has 4 aromatic rings. The van der Waals surface area contributed by atoms with Crippen molar-refractivity contribution >= 4 is 46.1 Å². The van der Waals surface area contributed by atoms with Gasteiger partial charge in [-0.3, -0.25) is 4.79 Å². The number of ether oxygens (including phenoxy) is 4. The number of carboxylic acid groups (broad SMARTS) is 1. The molecule has 0 spiro atoms. The SMILES string of the molecule is COC(=O)COc1cc(OC)ccc1CC(C(=O)c1ccc(OC(C)C)cc1)=C(C(=O)[O-])c1ccc2nsnc2c1.[Na+]. The summed E-state index contributed by atoms with van der Waals surface area (Å²) >= 11 is 0.992. The third kappa shape index (κ3) is 7.95. The van der Waals surface area contributed by atoms with E-state index in [0.29, 0.717) is 28.1 Å². The summed E-state index contributed by atoms with van der Waals surface area (Å²) in [4.78, 5) is 38.5. The molecule has 3 aromatic carbocycles. The molecule has 0 saturated carbocycles. The molecule has 212 valence electrons. The van der Waals surface area contributed by atoms with E-state index in [1.165, 1.54) is 14.2 Å². The average Bonchev–Trinajstić information content (AvgIpc) is 3.43. The third-order valence-corrected chi connectivity index (χ3v) is 6.58. The fraction of sp³-hybridized carbons (Fsp3) is 0.233. The zero-order chi connectivity index (χ0) is 29.5. The van der Waals surface area contributed by atoms with Crippen molar-refractivity contribution in [2.45, 2.75) is 26.4 Å². The van der Waals surface area contributed by atoms with Crippen LogP contribution in [0.25, 0.3) is 16.6 Å². The summed E-state index contributed by atoms with van der Waals surface area (Å²) in [6.07, 6.45) is -0.231. The molecule has 12 heteroatoms. The van der Waals surface area contributed by atoms with Crippen molar-refractivity contribution in [2.75, 3.05) is 20.8 Å². The number of rotatable bonds is 12. The number of allylic oxidation sites excluding steroid dienone is 1. The van der Waals surface area contributed by atoms with E-state index in [1.54, 1.807) is 60.7 Å². The number of methoxy groups -OCH3 is 2. The first-order valence-corrected chi connectivity index (χ1v) is 13.3. The predicted octanol–water partition coefficient (Wildman–Crippen LogP) is 0.672. The van der Waals surface area contributed by atoms with Crippen LogP contribution in [0.2, 0.25) is 0 Å². The van der Waals surface area contributed by atoms with E-state index in [9.17, 15) is 19.5 Å². The maximum atomic E-state index is 14.0. The fourth-order valence-electron chi connectivity index (χ4n) is 4.09. The maximum absolute atomic E-state index is 14.0. The van der Waals surface area contributed by atoms with Crippen LogP contribution in [0.4, 0.5) is 0 Å². The van der Waals surface area contributed by atoms with Crippen LogP contribution in [0.1, 0.15) is 35.3 Å². The number of aromatic nitrogens is 2. The molecule has 0 amide bonds.